The number of methoxy groups -OCH3 is 1. The van der Waals surface area contributed by atoms with Crippen molar-refractivity contribution < 1.29 is 13.9 Å². The van der Waals surface area contributed by atoms with Crippen LogP contribution < -0.4 is 0 Å². The molecule has 2 bridgehead atoms. The second-order valence-corrected chi connectivity index (χ2v) is 6.23. The van der Waals surface area contributed by atoms with Gasteiger partial charge < -0.3 is 4.74 Å². The lowest BCUT2D eigenvalue weighted by atomic mass is 9.76. The summed E-state index contributed by atoms with van der Waals surface area (Å²) in [6.45, 7) is 4.63. The maximum Gasteiger partial charge on any atom is 0.310 e. The van der Waals surface area contributed by atoms with E-state index in [2.05, 4.69) is 11.5 Å². The number of benzene rings is 1. The highest BCUT2D eigenvalue weighted by Gasteiger charge is 2.50. The van der Waals surface area contributed by atoms with Gasteiger partial charge in [-0.2, -0.15) is 0 Å². The summed E-state index contributed by atoms with van der Waals surface area (Å²) in [6, 6.07) is 7.22. The van der Waals surface area contributed by atoms with Gasteiger partial charge in [-0.1, -0.05) is 18.2 Å². The van der Waals surface area contributed by atoms with Crippen LogP contribution in [0, 0.1) is 11.7 Å². The molecular weight excluding hydrogens is 281 g/mol. The SMILES string of the molecule is C=CCN1C2CCC1C(C(=O)OC)C(c1ccc(F)cc1)C2. The Morgan fingerprint density at radius 2 is 2.14 bits per heavy atom. The average molecular weight is 303 g/mol. The standard InChI is InChI=1S/C18H22FNO2/c1-3-10-20-14-8-9-16(20)17(18(21)22-2)15(11-14)12-4-6-13(19)7-5-12/h3-7,14-17H,1,8-11H2,2H3. The molecule has 4 atom stereocenters. The van der Waals surface area contributed by atoms with Crippen LogP contribution in [0.5, 0.6) is 0 Å². The van der Waals surface area contributed by atoms with Crippen molar-refractivity contribution in [3.8, 4) is 0 Å². The second kappa shape index (κ2) is 6.21. The van der Waals surface area contributed by atoms with Crippen molar-refractivity contribution in [2.75, 3.05) is 13.7 Å². The van der Waals surface area contributed by atoms with Gasteiger partial charge in [0.25, 0.3) is 0 Å². The molecule has 2 fully saturated rings. The highest BCUT2D eigenvalue weighted by Crippen LogP contribution is 2.47. The van der Waals surface area contributed by atoms with E-state index in [1.54, 1.807) is 12.1 Å². The van der Waals surface area contributed by atoms with E-state index in [1.165, 1.54) is 19.2 Å². The average Bonchev–Trinajstić information content (AvgIpc) is 2.80. The van der Waals surface area contributed by atoms with Gasteiger partial charge in [0.2, 0.25) is 0 Å². The molecule has 4 unspecified atom stereocenters. The van der Waals surface area contributed by atoms with Crippen molar-refractivity contribution >= 4 is 5.97 Å². The lowest BCUT2D eigenvalue weighted by Gasteiger charge is -2.43. The third kappa shape index (κ3) is 2.56. The van der Waals surface area contributed by atoms with E-state index >= 15 is 0 Å². The van der Waals surface area contributed by atoms with Gasteiger partial charge in [0.15, 0.2) is 0 Å². The summed E-state index contributed by atoms with van der Waals surface area (Å²) < 4.78 is 18.3. The van der Waals surface area contributed by atoms with Gasteiger partial charge in [0.05, 0.1) is 13.0 Å². The van der Waals surface area contributed by atoms with Gasteiger partial charge >= 0.3 is 5.97 Å². The van der Waals surface area contributed by atoms with E-state index in [9.17, 15) is 9.18 Å². The van der Waals surface area contributed by atoms with Crippen LogP contribution in [0.15, 0.2) is 36.9 Å². The van der Waals surface area contributed by atoms with Crippen LogP contribution in [0.3, 0.4) is 0 Å². The van der Waals surface area contributed by atoms with E-state index in [1.807, 2.05) is 6.08 Å². The minimum absolute atomic E-state index is 0.103. The minimum Gasteiger partial charge on any atom is -0.469 e. The van der Waals surface area contributed by atoms with Crippen LogP contribution in [0.25, 0.3) is 0 Å². The van der Waals surface area contributed by atoms with Crippen LogP contribution in [0.2, 0.25) is 0 Å². The predicted molar refractivity (Wildman–Crippen MR) is 83.0 cm³/mol. The summed E-state index contributed by atoms with van der Waals surface area (Å²) in [5.74, 6) is -0.486. The Kier molecular flexibility index (Phi) is 4.30. The molecule has 3 rings (SSSR count). The molecule has 0 N–H and O–H groups in total. The summed E-state index contributed by atoms with van der Waals surface area (Å²) in [5, 5.41) is 0. The summed E-state index contributed by atoms with van der Waals surface area (Å²) in [4.78, 5) is 14.8. The predicted octanol–water partition coefficient (Wildman–Crippen LogP) is 3.12. The Morgan fingerprint density at radius 3 is 2.77 bits per heavy atom. The van der Waals surface area contributed by atoms with Crippen LogP contribution in [0.1, 0.15) is 30.7 Å². The Labute approximate surface area is 130 Å². The van der Waals surface area contributed by atoms with Crippen molar-refractivity contribution in [1.82, 2.24) is 4.90 Å². The van der Waals surface area contributed by atoms with Gasteiger partial charge in [-0.05, 0) is 37.0 Å². The molecule has 22 heavy (non-hydrogen) atoms. The van der Waals surface area contributed by atoms with E-state index in [4.69, 9.17) is 4.74 Å². The molecule has 4 heteroatoms. The smallest absolute Gasteiger partial charge is 0.310 e. The van der Waals surface area contributed by atoms with Gasteiger partial charge in [-0.15, -0.1) is 6.58 Å². The Balaban J connectivity index is 1.94. The maximum absolute atomic E-state index is 13.2. The topological polar surface area (TPSA) is 29.5 Å². The monoisotopic (exact) mass is 303 g/mol. The van der Waals surface area contributed by atoms with Gasteiger partial charge in [-0.3, -0.25) is 9.69 Å². The number of hydrogen-bond acceptors (Lipinski definition) is 3. The number of piperidine rings is 1. The summed E-state index contributed by atoms with van der Waals surface area (Å²) in [5.41, 5.74) is 1.03. The maximum atomic E-state index is 13.2. The number of halogens is 1. The molecule has 0 spiro atoms. The van der Waals surface area contributed by atoms with Crippen LogP contribution in [-0.4, -0.2) is 36.6 Å². The first kappa shape index (κ1) is 15.2. The van der Waals surface area contributed by atoms with Gasteiger partial charge in [-0.25, -0.2) is 4.39 Å². The summed E-state index contributed by atoms with van der Waals surface area (Å²) in [6.07, 6.45) is 4.92. The Morgan fingerprint density at radius 1 is 1.41 bits per heavy atom. The molecule has 2 heterocycles. The molecule has 0 aliphatic carbocycles. The molecule has 3 nitrogen and oxygen atoms in total. The zero-order valence-electron chi connectivity index (χ0n) is 12.9. The fraction of sp³-hybridized carbons (Fsp3) is 0.500. The number of fused-ring (bicyclic) bond motifs is 2. The first-order chi connectivity index (χ1) is 10.7. The number of rotatable bonds is 4. The zero-order valence-corrected chi connectivity index (χ0v) is 12.9. The fourth-order valence-electron chi connectivity index (χ4n) is 4.26. The number of ether oxygens (including phenoxy) is 1. The van der Waals surface area contributed by atoms with Crippen molar-refractivity contribution in [2.45, 2.75) is 37.3 Å². The molecule has 118 valence electrons. The van der Waals surface area contributed by atoms with Crippen molar-refractivity contribution in [1.29, 1.82) is 0 Å². The lowest BCUT2D eigenvalue weighted by molar-refractivity contribution is -0.150. The zero-order chi connectivity index (χ0) is 15.7. The van der Waals surface area contributed by atoms with Crippen LogP contribution in [-0.2, 0) is 9.53 Å². The van der Waals surface area contributed by atoms with E-state index in [-0.39, 0.29) is 29.7 Å². The van der Waals surface area contributed by atoms with E-state index in [0.29, 0.717) is 6.04 Å². The van der Waals surface area contributed by atoms with E-state index in [0.717, 1.165) is 31.4 Å². The molecule has 0 radical (unpaired) electrons. The summed E-state index contributed by atoms with van der Waals surface area (Å²) in [7, 11) is 1.45. The highest BCUT2D eigenvalue weighted by molar-refractivity contribution is 5.75. The first-order valence-electron chi connectivity index (χ1n) is 7.85. The van der Waals surface area contributed by atoms with Crippen LogP contribution >= 0.6 is 0 Å². The number of hydrogen-bond donors (Lipinski definition) is 0. The Hall–Kier alpha value is -1.68. The molecule has 1 aromatic rings. The molecular formula is C18H22FNO2. The van der Waals surface area contributed by atoms with Crippen molar-refractivity contribution in [3.05, 3.63) is 48.3 Å². The van der Waals surface area contributed by atoms with Gasteiger partial charge in [0, 0.05) is 24.5 Å². The number of esters is 1. The molecule has 2 saturated heterocycles. The van der Waals surface area contributed by atoms with Crippen LogP contribution in [0.4, 0.5) is 4.39 Å². The van der Waals surface area contributed by atoms with Crippen molar-refractivity contribution in [2.24, 2.45) is 5.92 Å². The first-order valence-corrected chi connectivity index (χ1v) is 7.85. The summed E-state index contributed by atoms with van der Waals surface area (Å²) >= 11 is 0. The third-order valence-electron chi connectivity index (χ3n) is 5.18. The molecule has 1 aromatic carbocycles. The van der Waals surface area contributed by atoms with Gasteiger partial charge in [0.1, 0.15) is 5.82 Å². The number of nitrogens with zero attached hydrogens (tertiary/aromatic N) is 1. The molecule has 2 aliphatic heterocycles. The van der Waals surface area contributed by atoms with Crippen molar-refractivity contribution in [3.63, 3.8) is 0 Å². The third-order valence-corrected chi connectivity index (χ3v) is 5.18. The largest absolute Gasteiger partial charge is 0.469 e. The highest BCUT2D eigenvalue weighted by atomic mass is 19.1. The quantitative estimate of drug-likeness (QED) is 0.632. The molecule has 0 saturated carbocycles. The normalized spacial score (nSPS) is 31.0. The molecule has 0 amide bonds. The lowest BCUT2D eigenvalue weighted by Crippen LogP contribution is -2.50. The fourth-order valence-corrected chi connectivity index (χ4v) is 4.26. The molecule has 0 aromatic heterocycles. The number of carbonyl (C=O) groups is 1. The number of carbonyl (C=O) groups excluding carboxylic acids is 1. The minimum atomic E-state index is -0.245. The Bertz CT molecular complexity index is 557. The molecule has 2 aliphatic rings. The van der Waals surface area contributed by atoms with E-state index < -0.39 is 0 Å². The second-order valence-electron chi connectivity index (χ2n) is 6.23.